The van der Waals surface area contributed by atoms with Crippen LogP contribution in [0, 0.1) is 6.92 Å². The molecule has 0 fully saturated rings. The third kappa shape index (κ3) is 1.48. The van der Waals surface area contributed by atoms with Gasteiger partial charge in [0, 0.05) is 24.8 Å². The summed E-state index contributed by atoms with van der Waals surface area (Å²) in [7, 11) is 3.30. The number of pyridine rings is 1. The molecule has 2 aromatic heterocycles. The van der Waals surface area contributed by atoms with Crippen LogP contribution >= 0.6 is 0 Å². The van der Waals surface area contributed by atoms with E-state index in [4.69, 9.17) is 0 Å². The molecule has 0 saturated carbocycles. The summed E-state index contributed by atoms with van der Waals surface area (Å²) in [4.78, 5) is 15.5. The molecule has 2 aromatic rings. The number of methoxy groups -OCH3 is 1. The first kappa shape index (κ1) is 9.71. The lowest BCUT2D eigenvalue weighted by Gasteiger charge is -1.99. The molecule has 0 spiro atoms. The fourth-order valence-electron chi connectivity index (χ4n) is 1.68. The molecule has 15 heavy (non-hydrogen) atoms. The van der Waals surface area contributed by atoms with Crippen molar-refractivity contribution in [2.75, 3.05) is 7.11 Å². The van der Waals surface area contributed by atoms with Crippen molar-refractivity contribution in [3.05, 3.63) is 29.6 Å². The highest BCUT2D eigenvalue weighted by atomic mass is 16.5. The van der Waals surface area contributed by atoms with Gasteiger partial charge in [0.2, 0.25) is 0 Å². The molecule has 4 nitrogen and oxygen atoms in total. The maximum Gasteiger partial charge on any atom is 0.339 e. The van der Waals surface area contributed by atoms with Crippen LogP contribution in [0.2, 0.25) is 0 Å². The number of esters is 1. The Bertz CT molecular complexity index is 529. The van der Waals surface area contributed by atoms with Gasteiger partial charge in [0.15, 0.2) is 0 Å². The molecule has 0 amide bonds. The van der Waals surface area contributed by atoms with Gasteiger partial charge in [-0.3, -0.25) is 0 Å². The van der Waals surface area contributed by atoms with Crippen LogP contribution in [0.1, 0.15) is 15.9 Å². The van der Waals surface area contributed by atoms with Gasteiger partial charge < -0.3 is 9.30 Å². The van der Waals surface area contributed by atoms with E-state index >= 15 is 0 Å². The molecule has 2 rings (SSSR count). The van der Waals surface area contributed by atoms with Crippen molar-refractivity contribution in [1.82, 2.24) is 9.55 Å². The van der Waals surface area contributed by atoms with Crippen LogP contribution in [0.25, 0.3) is 11.0 Å². The first-order valence-electron chi connectivity index (χ1n) is 4.63. The SMILES string of the molecule is COC(=O)c1cnc2c(c1)c(C)cn2C. The summed E-state index contributed by atoms with van der Waals surface area (Å²) in [5.41, 5.74) is 2.46. The zero-order valence-corrected chi connectivity index (χ0v) is 8.94. The van der Waals surface area contributed by atoms with Gasteiger partial charge in [-0.05, 0) is 18.6 Å². The summed E-state index contributed by atoms with van der Waals surface area (Å²) in [6, 6.07) is 1.81. The van der Waals surface area contributed by atoms with E-state index in [9.17, 15) is 4.79 Å². The predicted octanol–water partition coefficient (Wildman–Crippen LogP) is 1.67. The van der Waals surface area contributed by atoms with Crippen molar-refractivity contribution in [2.45, 2.75) is 6.92 Å². The number of aromatic nitrogens is 2. The molecule has 0 aliphatic heterocycles. The van der Waals surface area contributed by atoms with E-state index in [1.54, 1.807) is 0 Å². The standard InChI is InChI=1S/C11H12N2O2/c1-7-6-13(2)10-9(7)4-8(5-12-10)11(14)15-3/h4-6H,1-3H3. The largest absolute Gasteiger partial charge is 0.465 e. The number of fused-ring (bicyclic) bond motifs is 1. The first-order valence-corrected chi connectivity index (χ1v) is 4.63. The van der Waals surface area contributed by atoms with E-state index in [0.29, 0.717) is 5.56 Å². The normalized spacial score (nSPS) is 10.6. The Morgan fingerprint density at radius 1 is 1.53 bits per heavy atom. The summed E-state index contributed by atoms with van der Waals surface area (Å²) in [6.07, 6.45) is 3.52. The third-order valence-corrected chi connectivity index (χ3v) is 2.43. The predicted molar refractivity (Wildman–Crippen MR) is 56.8 cm³/mol. The number of rotatable bonds is 1. The number of hydrogen-bond donors (Lipinski definition) is 0. The average Bonchev–Trinajstić information content (AvgIpc) is 2.53. The lowest BCUT2D eigenvalue weighted by atomic mass is 10.2. The van der Waals surface area contributed by atoms with Crippen LogP contribution in [0.4, 0.5) is 0 Å². The minimum Gasteiger partial charge on any atom is -0.465 e. The number of aryl methyl sites for hydroxylation is 2. The maximum absolute atomic E-state index is 11.3. The molecular weight excluding hydrogens is 192 g/mol. The van der Waals surface area contributed by atoms with Crippen molar-refractivity contribution in [1.29, 1.82) is 0 Å². The van der Waals surface area contributed by atoms with E-state index in [-0.39, 0.29) is 5.97 Å². The molecule has 0 unspecified atom stereocenters. The number of carbonyl (C=O) groups is 1. The Morgan fingerprint density at radius 3 is 2.93 bits per heavy atom. The number of nitrogens with zero attached hydrogens (tertiary/aromatic N) is 2. The summed E-state index contributed by atoms with van der Waals surface area (Å²) in [5.74, 6) is -0.354. The van der Waals surface area contributed by atoms with E-state index in [1.807, 2.05) is 30.8 Å². The van der Waals surface area contributed by atoms with Crippen LogP contribution < -0.4 is 0 Å². The first-order chi connectivity index (χ1) is 7.13. The Morgan fingerprint density at radius 2 is 2.27 bits per heavy atom. The molecule has 4 heteroatoms. The van der Waals surface area contributed by atoms with Gasteiger partial charge in [0.05, 0.1) is 12.7 Å². The van der Waals surface area contributed by atoms with E-state index in [0.717, 1.165) is 16.6 Å². The Hall–Kier alpha value is -1.84. The second-order valence-corrected chi connectivity index (χ2v) is 3.51. The highest BCUT2D eigenvalue weighted by Gasteiger charge is 2.10. The van der Waals surface area contributed by atoms with Gasteiger partial charge in [0.1, 0.15) is 5.65 Å². The molecule has 2 heterocycles. The van der Waals surface area contributed by atoms with Crippen LogP contribution in [0.15, 0.2) is 18.5 Å². The Kier molecular flexibility index (Phi) is 2.19. The average molecular weight is 204 g/mol. The lowest BCUT2D eigenvalue weighted by molar-refractivity contribution is 0.0600. The zero-order valence-electron chi connectivity index (χ0n) is 8.94. The Balaban J connectivity index is 2.65. The fraction of sp³-hybridized carbons (Fsp3) is 0.273. The Labute approximate surface area is 87.5 Å². The van der Waals surface area contributed by atoms with Crippen molar-refractivity contribution in [2.24, 2.45) is 7.05 Å². The van der Waals surface area contributed by atoms with Gasteiger partial charge in [-0.1, -0.05) is 0 Å². The number of carbonyl (C=O) groups excluding carboxylic acids is 1. The monoisotopic (exact) mass is 204 g/mol. The topological polar surface area (TPSA) is 44.1 Å². The molecule has 0 aliphatic rings. The van der Waals surface area contributed by atoms with E-state index in [1.165, 1.54) is 13.3 Å². The number of ether oxygens (including phenoxy) is 1. The highest BCUT2D eigenvalue weighted by molar-refractivity contribution is 5.94. The van der Waals surface area contributed by atoms with Crippen LogP contribution in [-0.2, 0) is 11.8 Å². The minimum atomic E-state index is -0.354. The molecule has 0 atom stereocenters. The summed E-state index contributed by atoms with van der Waals surface area (Å²) in [5, 5.41) is 0.986. The van der Waals surface area contributed by atoms with E-state index in [2.05, 4.69) is 9.72 Å². The van der Waals surface area contributed by atoms with Gasteiger partial charge in [-0.2, -0.15) is 0 Å². The fourth-order valence-corrected chi connectivity index (χ4v) is 1.68. The molecular formula is C11H12N2O2. The van der Waals surface area contributed by atoms with E-state index < -0.39 is 0 Å². The van der Waals surface area contributed by atoms with Crippen LogP contribution in [0.5, 0.6) is 0 Å². The molecule has 0 N–H and O–H groups in total. The molecule has 0 aromatic carbocycles. The molecule has 0 saturated heterocycles. The number of hydrogen-bond acceptors (Lipinski definition) is 3. The van der Waals surface area contributed by atoms with Crippen molar-refractivity contribution >= 4 is 17.0 Å². The van der Waals surface area contributed by atoms with Crippen molar-refractivity contribution < 1.29 is 9.53 Å². The highest BCUT2D eigenvalue weighted by Crippen LogP contribution is 2.19. The molecule has 0 radical (unpaired) electrons. The lowest BCUT2D eigenvalue weighted by Crippen LogP contribution is -2.01. The maximum atomic E-state index is 11.3. The van der Waals surface area contributed by atoms with Crippen LogP contribution in [0.3, 0.4) is 0 Å². The zero-order chi connectivity index (χ0) is 11.0. The molecule has 0 aliphatic carbocycles. The summed E-state index contributed by atoms with van der Waals surface area (Å²) in [6.45, 7) is 1.99. The molecule has 78 valence electrons. The van der Waals surface area contributed by atoms with Crippen LogP contribution in [-0.4, -0.2) is 22.6 Å². The third-order valence-electron chi connectivity index (χ3n) is 2.43. The van der Waals surface area contributed by atoms with Gasteiger partial charge in [-0.25, -0.2) is 9.78 Å². The van der Waals surface area contributed by atoms with Crippen molar-refractivity contribution in [3.8, 4) is 0 Å². The quantitative estimate of drug-likeness (QED) is 0.664. The summed E-state index contributed by atoms with van der Waals surface area (Å²) >= 11 is 0. The second-order valence-electron chi connectivity index (χ2n) is 3.51. The molecule has 0 bridgehead atoms. The smallest absolute Gasteiger partial charge is 0.339 e. The second kappa shape index (κ2) is 3.38. The summed E-state index contributed by atoms with van der Waals surface area (Å²) < 4.78 is 6.58. The van der Waals surface area contributed by atoms with Gasteiger partial charge in [0.25, 0.3) is 0 Å². The minimum absolute atomic E-state index is 0.354. The van der Waals surface area contributed by atoms with Gasteiger partial charge in [-0.15, -0.1) is 0 Å². The van der Waals surface area contributed by atoms with Gasteiger partial charge >= 0.3 is 5.97 Å². The van der Waals surface area contributed by atoms with Crippen molar-refractivity contribution in [3.63, 3.8) is 0 Å².